The van der Waals surface area contributed by atoms with Crippen molar-refractivity contribution >= 4 is 5.91 Å². The minimum atomic E-state index is -0.113. The molecule has 1 aliphatic heterocycles. The molecule has 1 aromatic carbocycles. The molecule has 0 spiro atoms. The van der Waals surface area contributed by atoms with E-state index in [1.165, 1.54) is 6.07 Å². The van der Waals surface area contributed by atoms with Gasteiger partial charge in [0.25, 0.3) is 5.91 Å². The fraction of sp³-hybridized carbons (Fsp3) is 0.500. The summed E-state index contributed by atoms with van der Waals surface area (Å²) in [7, 11) is 1.55. The maximum Gasteiger partial charge on any atom is 0.257 e. The molecule has 1 aromatic rings. The van der Waals surface area contributed by atoms with E-state index < -0.39 is 0 Å². The lowest BCUT2D eigenvalue weighted by atomic mass is 9.99. The van der Waals surface area contributed by atoms with E-state index in [0.717, 1.165) is 25.9 Å². The van der Waals surface area contributed by atoms with Gasteiger partial charge in [-0.15, -0.1) is 0 Å². The van der Waals surface area contributed by atoms with E-state index in [2.05, 4.69) is 6.92 Å². The Balaban J connectivity index is 2.22. The molecule has 0 aliphatic carbocycles. The zero-order valence-corrected chi connectivity index (χ0v) is 10.8. The topological polar surface area (TPSA) is 49.8 Å². The third kappa shape index (κ3) is 2.58. The van der Waals surface area contributed by atoms with Gasteiger partial charge in [-0.2, -0.15) is 0 Å². The highest BCUT2D eigenvalue weighted by molar-refractivity contribution is 5.97. The van der Waals surface area contributed by atoms with Crippen LogP contribution in [0.15, 0.2) is 18.2 Å². The molecule has 1 unspecified atom stereocenters. The second-order valence-electron chi connectivity index (χ2n) is 4.88. The Morgan fingerprint density at radius 1 is 1.50 bits per heavy atom. The number of phenols is 1. The third-order valence-corrected chi connectivity index (χ3v) is 3.38. The molecule has 98 valence electrons. The highest BCUT2D eigenvalue weighted by Gasteiger charge is 2.24. The van der Waals surface area contributed by atoms with Gasteiger partial charge >= 0.3 is 0 Å². The van der Waals surface area contributed by atoms with Crippen LogP contribution in [-0.2, 0) is 0 Å². The predicted octanol–water partition coefficient (Wildman–Crippen LogP) is 2.27. The molecule has 1 fully saturated rings. The molecule has 0 saturated carbocycles. The standard InChI is InChI=1S/C14H19NO3/c1-10-4-3-7-15(9-10)14(17)12-8-11(18-2)5-6-13(12)16/h5-6,8,10,16H,3-4,7,9H2,1-2H3. The molecular weight excluding hydrogens is 230 g/mol. The Kier molecular flexibility index (Phi) is 3.75. The maximum atomic E-state index is 12.3. The molecule has 0 radical (unpaired) electrons. The van der Waals surface area contributed by atoms with E-state index in [4.69, 9.17) is 4.74 Å². The van der Waals surface area contributed by atoms with Gasteiger partial charge in [0.2, 0.25) is 0 Å². The van der Waals surface area contributed by atoms with Crippen molar-refractivity contribution < 1.29 is 14.6 Å². The zero-order valence-electron chi connectivity index (χ0n) is 10.8. The van der Waals surface area contributed by atoms with Crippen LogP contribution in [0.25, 0.3) is 0 Å². The summed E-state index contributed by atoms with van der Waals surface area (Å²) in [6, 6.07) is 4.74. The molecule has 1 amide bonds. The molecule has 0 aromatic heterocycles. The number of hydrogen-bond donors (Lipinski definition) is 1. The summed E-state index contributed by atoms with van der Waals surface area (Å²) < 4.78 is 5.09. The van der Waals surface area contributed by atoms with Crippen molar-refractivity contribution in [3.63, 3.8) is 0 Å². The number of piperidine rings is 1. The van der Waals surface area contributed by atoms with Crippen LogP contribution in [-0.4, -0.2) is 36.1 Å². The van der Waals surface area contributed by atoms with Gasteiger partial charge in [0.15, 0.2) is 0 Å². The lowest BCUT2D eigenvalue weighted by Gasteiger charge is -2.31. The number of carbonyl (C=O) groups is 1. The maximum absolute atomic E-state index is 12.3. The first-order valence-electron chi connectivity index (χ1n) is 6.28. The average molecular weight is 249 g/mol. The second kappa shape index (κ2) is 5.29. The summed E-state index contributed by atoms with van der Waals surface area (Å²) in [5.41, 5.74) is 0.323. The summed E-state index contributed by atoms with van der Waals surface area (Å²) in [6.07, 6.45) is 2.19. The average Bonchev–Trinajstić information content (AvgIpc) is 2.38. The molecule has 1 aliphatic rings. The molecule has 18 heavy (non-hydrogen) atoms. The number of rotatable bonds is 2. The molecule has 4 heteroatoms. The normalized spacial score (nSPS) is 19.7. The van der Waals surface area contributed by atoms with Crippen molar-refractivity contribution in [3.8, 4) is 11.5 Å². The number of amides is 1. The van der Waals surface area contributed by atoms with Crippen LogP contribution in [0.1, 0.15) is 30.1 Å². The predicted molar refractivity (Wildman–Crippen MR) is 69.0 cm³/mol. The number of ether oxygens (including phenoxy) is 1. The van der Waals surface area contributed by atoms with E-state index in [9.17, 15) is 9.90 Å². The van der Waals surface area contributed by atoms with Gasteiger partial charge < -0.3 is 14.7 Å². The minimum absolute atomic E-state index is 0.0130. The van der Waals surface area contributed by atoms with Crippen LogP contribution < -0.4 is 4.74 Å². The van der Waals surface area contributed by atoms with Crippen molar-refractivity contribution in [2.24, 2.45) is 5.92 Å². The number of likely N-dealkylation sites (tertiary alicyclic amines) is 1. The van der Waals surface area contributed by atoms with Gasteiger partial charge in [-0.1, -0.05) is 6.92 Å². The second-order valence-corrected chi connectivity index (χ2v) is 4.88. The molecule has 0 bridgehead atoms. The number of aromatic hydroxyl groups is 1. The molecule has 1 N–H and O–H groups in total. The highest BCUT2D eigenvalue weighted by atomic mass is 16.5. The van der Waals surface area contributed by atoms with Crippen LogP contribution in [0.4, 0.5) is 0 Å². The van der Waals surface area contributed by atoms with Crippen LogP contribution >= 0.6 is 0 Å². The Hall–Kier alpha value is -1.71. The van der Waals surface area contributed by atoms with Crippen molar-refractivity contribution in [1.29, 1.82) is 0 Å². The first-order chi connectivity index (χ1) is 8.61. The first-order valence-corrected chi connectivity index (χ1v) is 6.28. The van der Waals surface area contributed by atoms with Gasteiger partial charge in [0.05, 0.1) is 12.7 Å². The van der Waals surface area contributed by atoms with E-state index >= 15 is 0 Å². The molecule has 1 heterocycles. The van der Waals surface area contributed by atoms with E-state index in [1.54, 1.807) is 19.2 Å². The number of hydrogen-bond acceptors (Lipinski definition) is 3. The van der Waals surface area contributed by atoms with Crippen LogP contribution in [0.5, 0.6) is 11.5 Å². The van der Waals surface area contributed by atoms with E-state index in [1.807, 2.05) is 4.90 Å². The largest absolute Gasteiger partial charge is 0.507 e. The third-order valence-electron chi connectivity index (χ3n) is 3.38. The van der Waals surface area contributed by atoms with Crippen molar-refractivity contribution in [2.45, 2.75) is 19.8 Å². The number of methoxy groups -OCH3 is 1. The van der Waals surface area contributed by atoms with Gasteiger partial charge in [-0.05, 0) is 37.0 Å². The fourth-order valence-electron chi connectivity index (χ4n) is 2.36. The number of nitrogens with zero attached hydrogens (tertiary/aromatic N) is 1. The summed E-state index contributed by atoms with van der Waals surface area (Å²) >= 11 is 0. The highest BCUT2D eigenvalue weighted by Crippen LogP contribution is 2.26. The molecule has 1 saturated heterocycles. The molecule has 1 atom stereocenters. The minimum Gasteiger partial charge on any atom is -0.507 e. The number of benzene rings is 1. The lowest BCUT2D eigenvalue weighted by Crippen LogP contribution is -2.39. The van der Waals surface area contributed by atoms with E-state index in [0.29, 0.717) is 17.2 Å². The summed E-state index contributed by atoms with van der Waals surface area (Å²) in [5.74, 6) is 1.01. The van der Waals surface area contributed by atoms with Gasteiger partial charge in [-0.3, -0.25) is 4.79 Å². The first kappa shape index (κ1) is 12.7. The van der Waals surface area contributed by atoms with Crippen LogP contribution in [0.2, 0.25) is 0 Å². The summed E-state index contributed by atoms with van der Waals surface area (Å²) in [6.45, 7) is 3.67. The monoisotopic (exact) mass is 249 g/mol. The Morgan fingerprint density at radius 2 is 2.28 bits per heavy atom. The Morgan fingerprint density at radius 3 is 2.94 bits per heavy atom. The van der Waals surface area contributed by atoms with Gasteiger partial charge in [0, 0.05) is 13.1 Å². The van der Waals surface area contributed by atoms with Gasteiger partial charge in [0.1, 0.15) is 11.5 Å². The number of carbonyl (C=O) groups excluding carboxylic acids is 1. The van der Waals surface area contributed by atoms with E-state index in [-0.39, 0.29) is 11.7 Å². The quantitative estimate of drug-likeness (QED) is 0.874. The zero-order chi connectivity index (χ0) is 13.1. The van der Waals surface area contributed by atoms with Crippen molar-refractivity contribution in [3.05, 3.63) is 23.8 Å². The molecule has 2 rings (SSSR count). The van der Waals surface area contributed by atoms with Crippen LogP contribution in [0, 0.1) is 5.92 Å². The SMILES string of the molecule is COc1ccc(O)c(C(=O)N2CCCC(C)C2)c1. The Labute approximate surface area is 107 Å². The van der Waals surface area contributed by atoms with Gasteiger partial charge in [-0.25, -0.2) is 0 Å². The summed E-state index contributed by atoms with van der Waals surface area (Å²) in [4.78, 5) is 14.2. The molecular formula is C14H19NO3. The summed E-state index contributed by atoms with van der Waals surface area (Å²) in [5, 5.41) is 9.79. The fourth-order valence-corrected chi connectivity index (χ4v) is 2.36. The van der Waals surface area contributed by atoms with Crippen molar-refractivity contribution in [2.75, 3.05) is 20.2 Å². The van der Waals surface area contributed by atoms with Crippen molar-refractivity contribution in [1.82, 2.24) is 4.90 Å². The lowest BCUT2D eigenvalue weighted by molar-refractivity contribution is 0.0679. The Bertz CT molecular complexity index is 445. The smallest absolute Gasteiger partial charge is 0.257 e. The molecule has 4 nitrogen and oxygen atoms in total. The van der Waals surface area contributed by atoms with Crippen LogP contribution in [0.3, 0.4) is 0 Å². The number of phenolic OH excluding ortho intramolecular Hbond substituents is 1.